The van der Waals surface area contributed by atoms with Crippen molar-refractivity contribution in [3.05, 3.63) is 11.4 Å². The highest BCUT2D eigenvalue weighted by molar-refractivity contribution is 5.55. The van der Waals surface area contributed by atoms with Crippen molar-refractivity contribution in [3.8, 4) is 0 Å². The molecule has 2 saturated carbocycles. The summed E-state index contributed by atoms with van der Waals surface area (Å²) in [6, 6.07) is 0.521. The van der Waals surface area contributed by atoms with Gasteiger partial charge in [-0.15, -0.1) is 0 Å². The van der Waals surface area contributed by atoms with Crippen LogP contribution in [-0.2, 0) is 0 Å². The summed E-state index contributed by atoms with van der Waals surface area (Å²) in [5.74, 6) is 4.02. The van der Waals surface area contributed by atoms with Crippen molar-refractivity contribution in [2.45, 2.75) is 64.3 Å². The minimum atomic E-state index is 0.521. The van der Waals surface area contributed by atoms with E-state index in [4.69, 9.17) is 10.7 Å². The van der Waals surface area contributed by atoms with Crippen molar-refractivity contribution in [2.75, 3.05) is 11.1 Å². The number of nitrogens with two attached hydrogens (primary N) is 1. The lowest BCUT2D eigenvalue weighted by Crippen LogP contribution is -2.21. The first-order chi connectivity index (χ1) is 9.17. The summed E-state index contributed by atoms with van der Waals surface area (Å²) in [6.07, 6.45) is 7.62. The second kappa shape index (κ2) is 4.99. The zero-order chi connectivity index (χ0) is 13.4. The highest BCUT2D eigenvalue weighted by Crippen LogP contribution is 2.39. The fourth-order valence-electron chi connectivity index (χ4n) is 2.49. The standard InChI is InChI=1S/C15H24N4/c1-3-12(8-10-4-5-10)17-14-9(2)13(16)18-15(19-14)11-6-7-11/h10-12H,3-8H2,1-2H3,(H3,16,17,18,19). The molecule has 0 spiro atoms. The Hall–Kier alpha value is -1.32. The number of anilines is 2. The van der Waals surface area contributed by atoms with E-state index in [1.54, 1.807) is 0 Å². The summed E-state index contributed by atoms with van der Waals surface area (Å²) in [7, 11) is 0. The number of hydrogen-bond acceptors (Lipinski definition) is 4. The lowest BCUT2D eigenvalue weighted by molar-refractivity contribution is 0.584. The monoisotopic (exact) mass is 260 g/mol. The smallest absolute Gasteiger partial charge is 0.136 e. The Balaban J connectivity index is 1.77. The summed E-state index contributed by atoms with van der Waals surface area (Å²) in [4.78, 5) is 9.14. The maximum atomic E-state index is 6.03. The van der Waals surface area contributed by atoms with Gasteiger partial charge in [-0.25, -0.2) is 9.97 Å². The van der Waals surface area contributed by atoms with Gasteiger partial charge in [-0.1, -0.05) is 19.8 Å². The largest absolute Gasteiger partial charge is 0.383 e. The molecule has 1 atom stereocenters. The second-order valence-electron chi connectivity index (χ2n) is 6.14. The summed E-state index contributed by atoms with van der Waals surface area (Å²) in [6.45, 7) is 4.25. The van der Waals surface area contributed by atoms with Gasteiger partial charge < -0.3 is 11.1 Å². The van der Waals surface area contributed by atoms with Crippen molar-refractivity contribution >= 4 is 11.6 Å². The molecule has 0 saturated heterocycles. The van der Waals surface area contributed by atoms with Crippen molar-refractivity contribution in [1.29, 1.82) is 0 Å². The van der Waals surface area contributed by atoms with E-state index in [9.17, 15) is 0 Å². The lowest BCUT2D eigenvalue weighted by Gasteiger charge is -2.19. The SMILES string of the molecule is CCC(CC1CC1)Nc1nc(C2CC2)nc(N)c1C. The van der Waals surface area contributed by atoms with Gasteiger partial charge in [0.25, 0.3) is 0 Å². The van der Waals surface area contributed by atoms with E-state index < -0.39 is 0 Å². The Morgan fingerprint density at radius 3 is 2.58 bits per heavy atom. The Kier molecular flexibility index (Phi) is 3.33. The van der Waals surface area contributed by atoms with Gasteiger partial charge in [-0.3, -0.25) is 0 Å². The Morgan fingerprint density at radius 1 is 1.26 bits per heavy atom. The molecule has 1 aromatic rings. The number of nitrogens with one attached hydrogen (secondary N) is 1. The molecular weight excluding hydrogens is 236 g/mol. The minimum Gasteiger partial charge on any atom is -0.383 e. The molecule has 0 aromatic carbocycles. The topological polar surface area (TPSA) is 63.8 Å². The molecular formula is C15H24N4. The Morgan fingerprint density at radius 2 is 2.00 bits per heavy atom. The van der Waals surface area contributed by atoms with E-state index in [1.807, 2.05) is 6.92 Å². The zero-order valence-electron chi connectivity index (χ0n) is 11.9. The number of rotatable bonds is 6. The van der Waals surface area contributed by atoms with E-state index in [-0.39, 0.29) is 0 Å². The van der Waals surface area contributed by atoms with Gasteiger partial charge in [0, 0.05) is 17.5 Å². The molecule has 1 heterocycles. The lowest BCUT2D eigenvalue weighted by atomic mass is 10.1. The summed E-state index contributed by atoms with van der Waals surface area (Å²) < 4.78 is 0. The number of nitrogen functional groups attached to an aromatic ring is 1. The molecule has 4 heteroatoms. The molecule has 2 fully saturated rings. The predicted octanol–water partition coefficient (Wildman–Crippen LogP) is 3.24. The molecule has 0 bridgehead atoms. The minimum absolute atomic E-state index is 0.521. The van der Waals surface area contributed by atoms with Crippen LogP contribution in [-0.4, -0.2) is 16.0 Å². The second-order valence-corrected chi connectivity index (χ2v) is 6.14. The summed E-state index contributed by atoms with van der Waals surface area (Å²) in [5.41, 5.74) is 7.03. The zero-order valence-corrected chi connectivity index (χ0v) is 11.9. The first-order valence-corrected chi connectivity index (χ1v) is 7.58. The van der Waals surface area contributed by atoms with Crippen LogP contribution >= 0.6 is 0 Å². The molecule has 0 amide bonds. The van der Waals surface area contributed by atoms with Crippen LogP contribution in [0.15, 0.2) is 0 Å². The van der Waals surface area contributed by atoms with Gasteiger partial charge in [0.1, 0.15) is 17.5 Å². The van der Waals surface area contributed by atoms with E-state index in [0.29, 0.717) is 17.8 Å². The fourth-order valence-corrected chi connectivity index (χ4v) is 2.49. The normalized spacial score (nSPS) is 20.3. The maximum absolute atomic E-state index is 6.03. The molecule has 19 heavy (non-hydrogen) atoms. The first kappa shape index (κ1) is 12.7. The third-order valence-electron chi connectivity index (χ3n) is 4.29. The van der Waals surface area contributed by atoms with E-state index in [2.05, 4.69) is 17.2 Å². The van der Waals surface area contributed by atoms with Crippen LogP contribution in [0.3, 0.4) is 0 Å². The van der Waals surface area contributed by atoms with Gasteiger partial charge in [-0.05, 0) is 38.5 Å². The van der Waals surface area contributed by atoms with Crippen molar-refractivity contribution in [1.82, 2.24) is 9.97 Å². The first-order valence-electron chi connectivity index (χ1n) is 7.58. The van der Waals surface area contributed by atoms with Crippen LogP contribution in [0.25, 0.3) is 0 Å². The highest BCUT2D eigenvalue weighted by atomic mass is 15.1. The molecule has 104 valence electrons. The number of aromatic nitrogens is 2. The predicted molar refractivity (Wildman–Crippen MR) is 78.2 cm³/mol. The van der Waals surface area contributed by atoms with E-state index in [0.717, 1.165) is 29.5 Å². The van der Waals surface area contributed by atoms with Gasteiger partial charge in [0.05, 0.1) is 0 Å². The summed E-state index contributed by atoms with van der Waals surface area (Å²) in [5, 5.41) is 3.60. The maximum Gasteiger partial charge on any atom is 0.136 e. The van der Waals surface area contributed by atoms with Crippen molar-refractivity contribution < 1.29 is 0 Å². The molecule has 0 radical (unpaired) electrons. The molecule has 1 aromatic heterocycles. The fraction of sp³-hybridized carbons (Fsp3) is 0.733. The number of hydrogen-bond donors (Lipinski definition) is 2. The quantitative estimate of drug-likeness (QED) is 0.824. The summed E-state index contributed by atoms with van der Waals surface area (Å²) >= 11 is 0. The van der Waals surface area contributed by atoms with Gasteiger partial charge in [0.15, 0.2) is 0 Å². The van der Waals surface area contributed by atoms with Gasteiger partial charge in [0.2, 0.25) is 0 Å². The number of nitrogens with zero attached hydrogens (tertiary/aromatic N) is 2. The van der Waals surface area contributed by atoms with Gasteiger partial charge in [-0.2, -0.15) is 0 Å². The Labute approximate surface area is 115 Å². The third kappa shape index (κ3) is 2.99. The molecule has 2 aliphatic rings. The van der Waals surface area contributed by atoms with Crippen LogP contribution in [0, 0.1) is 12.8 Å². The van der Waals surface area contributed by atoms with Crippen LogP contribution in [0.2, 0.25) is 0 Å². The van der Waals surface area contributed by atoms with E-state index in [1.165, 1.54) is 32.1 Å². The molecule has 3 N–H and O–H groups in total. The highest BCUT2D eigenvalue weighted by Gasteiger charge is 2.29. The van der Waals surface area contributed by atoms with E-state index >= 15 is 0 Å². The third-order valence-corrected chi connectivity index (χ3v) is 4.29. The van der Waals surface area contributed by atoms with Crippen LogP contribution in [0.5, 0.6) is 0 Å². The molecule has 4 nitrogen and oxygen atoms in total. The Bertz CT molecular complexity index is 463. The molecule has 2 aliphatic carbocycles. The molecule has 3 rings (SSSR count). The van der Waals surface area contributed by atoms with Crippen molar-refractivity contribution in [3.63, 3.8) is 0 Å². The molecule has 0 aliphatic heterocycles. The van der Waals surface area contributed by atoms with Crippen molar-refractivity contribution in [2.24, 2.45) is 5.92 Å². The van der Waals surface area contributed by atoms with Crippen LogP contribution < -0.4 is 11.1 Å². The molecule has 1 unspecified atom stereocenters. The van der Waals surface area contributed by atoms with Crippen LogP contribution in [0.4, 0.5) is 11.6 Å². The van der Waals surface area contributed by atoms with Gasteiger partial charge >= 0.3 is 0 Å². The average molecular weight is 260 g/mol. The average Bonchev–Trinajstić information content (AvgIpc) is 3.26. The van der Waals surface area contributed by atoms with Crippen LogP contribution in [0.1, 0.15) is 62.8 Å².